The van der Waals surface area contributed by atoms with Crippen LogP contribution in [-0.4, -0.2) is 60.2 Å². The monoisotopic (exact) mass is 626 g/mol. The second-order valence-electron chi connectivity index (χ2n) is 14.9. The highest BCUT2D eigenvalue weighted by molar-refractivity contribution is 7.90. The van der Waals surface area contributed by atoms with E-state index in [0.717, 1.165) is 37.3 Å². The number of fused-ring (bicyclic) bond motifs is 4. The molecule has 5 unspecified atom stereocenters. The van der Waals surface area contributed by atoms with Crippen LogP contribution < -0.4 is 15.4 Å². The van der Waals surface area contributed by atoms with Crippen LogP contribution >= 0.6 is 0 Å². The summed E-state index contributed by atoms with van der Waals surface area (Å²) in [6, 6.07) is 8.40. The first kappa shape index (κ1) is 33.4. The van der Waals surface area contributed by atoms with Crippen LogP contribution in [0.3, 0.4) is 0 Å². The molecule has 2 saturated heterocycles. The Morgan fingerprint density at radius 2 is 1.82 bits per heavy atom. The van der Waals surface area contributed by atoms with Crippen LogP contribution in [0, 0.1) is 25.2 Å². The van der Waals surface area contributed by atoms with Gasteiger partial charge in [-0.15, -0.1) is 0 Å². The molecule has 4 bridgehead atoms. The first-order valence-electron chi connectivity index (χ1n) is 16.5. The summed E-state index contributed by atoms with van der Waals surface area (Å²) in [6.07, 6.45) is 5.83. The lowest BCUT2D eigenvalue weighted by Gasteiger charge is -2.40. The number of benzene rings is 1. The van der Waals surface area contributed by atoms with Crippen molar-refractivity contribution in [2.45, 2.75) is 129 Å². The summed E-state index contributed by atoms with van der Waals surface area (Å²) < 4.78 is 37.5. The van der Waals surface area contributed by atoms with Crippen LogP contribution in [0.5, 0.6) is 0 Å². The molecule has 1 saturated carbocycles. The zero-order chi connectivity index (χ0) is 31.6. The SMILES string of the molecule is Cc1cccc(C)c1C1CC2NC(N1)NS(=O)(=O)C1CCCC(C1)CN(Cc1nccc(C(C)C)n1)[C@H](CC(C)(C)C)CO2. The predicted molar refractivity (Wildman–Crippen MR) is 175 cm³/mol. The van der Waals surface area contributed by atoms with E-state index in [1.165, 1.54) is 16.7 Å². The van der Waals surface area contributed by atoms with Gasteiger partial charge in [-0.25, -0.2) is 18.4 Å². The molecule has 10 heteroatoms. The summed E-state index contributed by atoms with van der Waals surface area (Å²) in [6.45, 7) is 17.4. The van der Waals surface area contributed by atoms with E-state index in [0.29, 0.717) is 38.3 Å². The maximum atomic E-state index is 13.9. The number of hydrogen-bond acceptors (Lipinski definition) is 8. The van der Waals surface area contributed by atoms with Gasteiger partial charge in [-0.05, 0) is 79.5 Å². The molecule has 0 amide bonds. The average Bonchev–Trinajstić information content (AvgIpc) is 2.94. The van der Waals surface area contributed by atoms with Gasteiger partial charge in [0.15, 0.2) is 0 Å². The number of ether oxygens (including phenoxy) is 1. The van der Waals surface area contributed by atoms with E-state index >= 15 is 0 Å². The maximum absolute atomic E-state index is 13.9. The molecule has 6 atom stereocenters. The number of aromatic nitrogens is 2. The fraction of sp³-hybridized carbons (Fsp3) is 0.706. The Labute approximate surface area is 265 Å². The van der Waals surface area contributed by atoms with Crippen LogP contribution in [-0.2, 0) is 21.3 Å². The Morgan fingerprint density at radius 1 is 1.07 bits per heavy atom. The molecule has 44 heavy (non-hydrogen) atoms. The summed E-state index contributed by atoms with van der Waals surface area (Å²) in [5, 5.41) is 6.62. The number of nitrogens with one attached hydrogen (secondary N) is 3. The van der Waals surface area contributed by atoms with Crippen molar-refractivity contribution in [1.29, 1.82) is 0 Å². The van der Waals surface area contributed by atoms with Crippen LogP contribution in [0.15, 0.2) is 30.5 Å². The third-order valence-corrected chi connectivity index (χ3v) is 11.4. The van der Waals surface area contributed by atoms with Crippen LogP contribution in [0.25, 0.3) is 0 Å². The van der Waals surface area contributed by atoms with Crippen molar-refractivity contribution in [2.75, 3.05) is 13.2 Å². The fourth-order valence-electron chi connectivity index (χ4n) is 7.39. The lowest BCUT2D eigenvalue weighted by Crippen LogP contribution is -2.64. The van der Waals surface area contributed by atoms with Gasteiger partial charge in [0.25, 0.3) is 0 Å². The number of hydrogen-bond donors (Lipinski definition) is 3. The normalized spacial score (nSPS) is 30.3. The third-order valence-electron chi connectivity index (χ3n) is 9.53. The highest BCUT2D eigenvalue weighted by Crippen LogP contribution is 2.34. The number of rotatable bonds is 5. The molecule has 2 aromatic rings. The van der Waals surface area contributed by atoms with Crippen molar-refractivity contribution in [1.82, 2.24) is 30.2 Å². The lowest BCUT2D eigenvalue weighted by molar-refractivity contribution is -0.0519. The molecule has 5 rings (SSSR count). The van der Waals surface area contributed by atoms with E-state index in [1.54, 1.807) is 0 Å². The first-order chi connectivity index (χ1) is 20.8. The average molecular weight is 627 g/mol. The first-order valence-corrected chi connectivity index (χ1v) is 18.1. The second kappa shape index (κ2) is 13.8. The van der Waals surface area contributed by atoms with Crippen LogP contribution in [0.2, 0.25) is 0 Å². The van der Waals surface area contributed by atoms with Gasteiger partial charge in [0.2, 0.25) is 10.0 Å². The minimum atomic E-state index is -3.58. The van der Waals surface area contributed by atoms with E-state index in [2.05, 4.69) is 91.9 Å². The Balaban J connectivity index is 1.50. The van der Waals surface area contributed by atoms with Gasteiger partial charge in [0.05, 0.1) is 18.4 Å². The Hall–Kier alpha value is -1.95. The maximum Gasteiger partial charge on any atom is 0.216 e. The molecular weight excluding hydrogens is 572 g/mol. The minimum absolute atomic E-state index is 0.0521. The predicted octanol–water partition coefficient (Wildman–Crippen LogP) is 5.27. The van der Waals surface area contributed by atoms with Crippen molar-refractivity contribution in [3.63, 3.8) is 0 Å². The van der Waals surface area contributed by atoms with Gasteiger partial charge in [-0.2, -0.15) is 4.72 Å². The number of nitrogens with zero attached hydrogens (tertiary/aromatic N) is 3. The quantitative estimate of drug-likeness (QED) is 0.412. The van der Waals surface area contributed by atoms with Crippen LogP contribution in [0.4, 0.5) is 0 Å². The van der Waals surface area contributed by atoms with Gasteiger partial charge < -0.3 is 4.74 Å². The summed E-state index contributed by atoms with van der Waals surface area (Å²) in [5.41, 5.74) is 4.72. The highest BCUT2D eigenvalue weighted by Gasteiger charge is 2.39. The summed E-state index contributed by atoms with van der Waals surface area (Å²) in [4.78, 5) is 12.1. The Kier molecular flexibility index (Phi) is 10.5. The van der Waals surface area contributed by atoms with Crippen molar-refractivity contribution >= 4 is 10.0 Å². The topological polar surface area (TPSA) is 108 Å². The van der Waals surface area contributed by atoms with Gasteiger partial charge >= 0.3 is 0 Å². The van der Waals surface area contributed by atoms with Gasteiger partial charge in [0, 0.05) is 36.9 Å². The van der Waals surface area contributed by atoms with E-state index in [-0.39, 0.29) is 29.6 Å². The molecule has 9 nitrogen and oxygen atoms in total. The number of aryl methyl sites for hydroxylation is 2. The molecule has 3 aliphatic rings. The summed E-state index contributed by atoms with van der Waals surface area (Å²) >= 11 is 0. The molecule has 0 radical (unpaired) electrons. The highest BCUT2D eigenvalue weighted by atomic mass is 32.2. The van der Waals surface area contributed by atoms with Gasteiger partial charge in [0.1, 0.15) is 18.3 Å². The second-order valence-corrected chi connectivity index (χ2v) is 16.9. The van der Waals surface area contributed by atoms with E-state index in [9.17, 15) is 8.42 Å². The Bertz CT molecular complexity index is 1360. The fourth-order valence-corrected chi connectivity index (χ4v) is 9.05. The van der Waals surface area contributed by atoms with Gasteiger partial charge in [-0.1, -0.05) is 59.2 Å². The van der Waals surface area contributed by atoms with Crippen molar-refractivity contribution in [2.24, 2.45) is 11.3 Å². The Morgan fingerprint density at radius 3 is 2.52 bits per heavy atom. The third kappa shape index (κ3) is 8.44. The molecule has 3 fully saturated rings. The molecule has 1 aromatic carbocycles. The molecule has 3 heterocycles. The molecule has 3 N–H and O–H groups in total. The minimum Gasteiger partial charge on any atom is -0.362 e. The summed E-state index contributed by atoms with van der Waals surface area (Å²) in [5.74, 6) is 1.40. The molecule has 0 spiro atoms. The van der Waals surface area contributed by atoms with E-state index < -0.39 is 21.6 Å². The van der Waals surface area contributed by atoms with E-state index in [1.807, 2.05) is 12.3 Å². The molecule has 244 valence electrons. The number of sulfonamides is 1. The summed E-state index contributed by atoms with van der Waals surface area (Å²) in [7, 11) is -3.58. The zero-order valence-electron chi connectivity index (χ0n) is 27.8. The molecule has 1 aliphatic carbocycles. The standard InChI is InChI=1S/C34H54N6O3S/c1-22(2)28-14-15-35-30(36-28)20-40-19-25-12-9-13-27(16-25)44(41,42)39-33-37-29(32-23(3)10-8-11-24(32)4)17-31(38-33)43-21-26(40)18-34(5,6)7/h8,10-11,14-15,22,25-27,29,31,33,37-39H,9,12-13,16-21H2,1-7H3/t25?,26-,27?,29?,31?,33?/m1/s1. The van der Waals surface area contributed by atoms with Crippen LogP contribution in [0.1, 0.15) is 113 Å². The van der Waals surface area contributed by atoms with Crippen molar-refractivity contribution in [3.8, 4) is 0 Å². The van der Waals surface area contributed by atoms with Crippen molar-refractivity contribution in [3.05, 3.63) is 58.7 Å². The smallest absolute Gasteiger partial charge is 0.216 e. The zero-order valence-corrected chi connectivity index (χ0v) is 28.6. The molecule has 1 aromatic heterocycles. The lowest BCUT2D eigenvalue weighted by atomic mass is 9.85. The van der Waals surface area contributed by atoms with E-state index in [4.69, 9.17) is 9.72 Å². The van der Waals surface area contributed by atoms with Crippen molar-refractivity contribution < 1.29 is 13.2 Å². The molecular formula is C34H54N6O3S. The largest absolute Gasteiger partial charge is 0.362 e. The molecule has 2 aliphatic heterocycles. The van der Waals surface area contributed by atoms with Gasteiger partial charge in [-0.3, -0.25) is 15.5 Å².